The lowest BCUT2D eigenvalue weighted by Gasteiger charge is -2.27. The van der Waals surface area contributed by atoms with Gasteiger partial charge in [-0.2, -0.15) is 13.9 Å². The van der Waals surface area contributed by atoms with Gasteiger partial charge in [-0.25, -0.2) is 9.89 Å². The Hall–Kier alpha value is -2.97. The predicted molar refractivity (Wildman–Crippen MR) is 89.1 cm³/mol. The van der Waals surface area contributed by atoms with Gasteiger partial charge in [-0.3, -0.25) is 4.79 Å². The number of alkyl halides is 2. The number of benzene rings is 1. The first-order valence-corrected chi connectivity index (χ1v) is 8.15. The minimum atomic E-state index is -2.85. The number of ether oxygens (including phenoxy) is 1. The van der Waals surface area contributed by atoms with Crippen LogP contribution in [0, 0.1) is 0 Å². The van der Waals surface area contributed by atoms with E-state index >= 15 is 0 Å². The van der Waals surface area contributed by atoms with Crippen LogP contribution in [-0.4, -0.2) is 40.8 Å². The number of urea groups is 1. The summed E-state index contributed by atoms with van der Waals surface area (Å²) < 4.78 is 28.5. The van der Waals surface area contributed by atoms with Crippen LogP contribution in [0.25, 0.3) is 0 Å². The molecule has 0 atom stereocenters. The van der Waals surface area contributed by atoms with E-state index in [9.17, 15) is 18.4 Å². The summed E-state index contributed by atoms with van der Waals surface area (Å²) in [5, 5.41) is 9.20. The maximum absolute atomic E-state index is 12.3. The molecule has 2 N–H and O–H groups in total. The van der Waals surface area contributed by atoms with E-state index in [0.717, 1.165) is 16.8 Å². The van der Waals surface area contributed by atoms with Crippen LogP contribution in [0.3, 0.4) is 0 Å². The number of carbonyl (C=O) groups excluding carboxylic acids is 1. The maximum atomic E-state index is 12.3. The van der Waals surface area contributed by atoms with Crippen molar-refractivity contribution in [1.82, 2.24) is 20.4 Å². The fourth-order valence-corrected chi connectivity index (χ4v) is 2.78. The first kappa shape index (κ1) is 17.8. The molecule has 1 aromatic heterocycles. The van der Waals surface area contributed by atoms with Crippen LogP contribution in [0.1, 0.15) is 16.8 Å². The van der Waals surface area contributed by atoms with Crippen molar-refractivity contribution in [3.05, 3.63) is 57.5 Å². The van der Waals surface area contributed by atoms with Gasteiger partial charge in [0.2, 0.25) is 0 Å². The SMILES string of the molecule is O=C(NCCc1ccc(OC(F)F)cc1)N1CCc2n[nH]c(=O)cc2C1. The zero-order valence-electron chi connectivity index (χ0n) is 13.9. The van der Waals surface area contributed by atoms with Crippen molar-refractivity contribution >= 4 is 6.03 Å². The Balaban J connectivity index is 1.48. The summed E-state index contributed by atoms with van der Waals surface area (Å²) in [6, 6.07) is 7.54. The summed E-state index contributed by atoms with van der Waals surface area (Å²) in [6.45, 7) is -1.57. The predicted octanol–water partition coefficient (Wildman–Crippen LogP) is 1.68. The molecule has 2 aromatic rings. The number of nitrogens with zero attached hydrogens (tertiary/aromatic N) is 2. The first-order chi connectivity index (χ1) is 12.5. The standard InChI is InChI=1S/C17H18F2N4O3/c18-16(19)26-13-3-1-11(2-4-13)5-7-20-17(25)23-8-6-14-12(10-23)9-15(24)22-21-14/h1-4,9,16H,5-8,10H2,(H,20,25)(H,22,24). The summed E-state index contributed by atoms with van der Waals surface area (Å²) in [5.41, 5.74) is 2.17. The van der Waals surface area contributed by atoms with E-state index in [4.69, 9.17) is 0 Å². The molecule has 9 heteroatoms. The van der Waals surface area contributed by atoms with E-state index in [1.165, 1.54) is 18.2 Å². The van der Waals surface area contributed by atoms with Crippen LogP contribution in [0.4, 0.5) is 13.6 Å². The monoisotopic (exact) mass is 364 g/mol. The molecule has 0 radical (unpaired) electrons. The molecule has 0 bridgehead atoms. The number of halogens is 2. The Bertz CT molecular complexity index is 824. The highest BCUT2D eigenvalue weighted by Crippen LogP contribution is 2.16. The average Bonchev–Trinajstić information content (AvgIpc) is 2.62. The molecule has 7 nitrogen and oxygen atoms in total. The number of rotatable bonds is 5. The second-order valence-electron chi connectivity index (χ2n) is 5.88. The summed E-state index contributed by atoms with van der Waals surface area (Å²) in [4.78, 5) is 25.2. The molecular formula is C17H18F2N4O3. The van der Waals surface area contributed by atoms with Gasteiger partial charge in [-0.05, 0) is 24.1 Å². The van der Waals surface area contributed by atoms with Crippen molar-refractivity contribution < 1.29 is 18.3 Å². The van der Waals surface area contributed by atoms with E-state index in [0.29, 0.717) is 32.5 Å². The summed E-state index contributed by atoms with van der Waals surface area (Å²) in [7, 11) is 0. The number of fused-ring (bicyclic) bond motifs is 1. The average molecular weight is 364 g/mol. The van der Waals surface area contributed by atoms with Gasteiger partial charge in [0.15, 0.2) is 0 Å². The maximum Gasteiger partial charge on any atom is 0.387 e. The molecule has 1 aromatic carbocycles. The number of hydrogen-bond acceptors (Lipinski definition) is 4. The number of carbonyl (C=O) groups is 1. The third-order valence-electron chi connectivity index (χ3n) is 4.08. The molecule has 2 heterocycles. The van der Waals surface area contributed by atoms with Gasteiger partial charge in [0.1, 0.15) is 5.75 Å². The number of aromatic nitrogens is 2. The van der Waals surface area contributed by atoms with Gasteiger partial charge in [0.05, 0.1) is 5.69 Å². The summed E-state index contributed by atoms with van der Waals surface area (Å²) in [5.74, 6) is 0.100. The van der Waals surface area contributed by atoms with E-state index in [2.05, 4.69) is 20.3 Å². The number of hydrogen-bond donors (Lipinski definition) is 2. The Morgan fingerprint density at radius 1 is 1.35 bits per heavy atom. The van der Waals surface area contributed by atoms with Crippen molar-refractivity contribution in [2.45, 2.75) is 26.0 Å². The van der Waals surface area contributed by atoms with Gasteiger partial charge >= 0.3 is 12.6 Å². The highest BCUT2D eigenvalue weighted by atomic mass is 19.3. The number of H-pyrrole nitrogens is 1. The highest BCUT2D eigenvalue weighted by molar-refractivity contribution is 5.74. The van der Waals surface area contributed by atoms with Crippen molar-refractivity contribution in [1.29, 1.82) is 0 Å². The normalized spacial score (nSPS) is 13.4. The molecule has 3 rings (SSSR count). The van der Waals surface area contributed by atoms with Crippen molar-refractivity contribution in [2.75, 3.05) is 13.1 Å². The number of nitrogens with one attached hydrogen (secondary N) is 2. The lowest BCUT2D eigenvalue weighted by Crippen LogP contribution is -2.44. The smallest absolute Gasteiger partial charge is 0.387 e. The Morgan fingerprint density at radius 3 is 2.85 bits per heavy atom. The molecule has 1 aliphatic heterocycles. The van der Waals surface area contributed by atoms with Gasteiger partial charge < -0.3 is 15.0 Å². The zero-order chi connectivity index (χ0) is 18.5. The lowest BCUT2D eigenvalue weighted by atomic mass is 10.1. The number of amides is 2. The Morgan fingerprint density at radius 2 is 2.12 bits per heavy atom. The van der Waals surface area contributed by atoms with E-state index in [1.807, 2.05) is 0 Å². The van der Waals surface area contributed by atoms with Crippen LogP contribution >= 0.6 is 0 Å². The summed E-state index contributed by atoms with van der Waals surface area (Å²) >= 11 is 0. The van der Waals surface area contributed by atoms with E-state index in [1.54, 1.807) is 17.0 Å². The van der Waals surface area contributed by atoms with Crippen LogP contribution < -0.4 is 15.6 Å². The first-order valence-electron chi connectivity index (χ1n) is 8.15. The molecule has 26 heavy (non-hydrogen) atoms. The quantitative estimate of drug-likeness (QED) is 0.845. The van der Waals surface area contributed by atoms with Gasteiger partial charge in [-0.1, -0.05) is 12.1 Å². The largest absolute Gasteiger partial charge is 0.435 e. The van der Waals surface area contributed by atoms with Crippen LogP contribution in [0.15, 0.2) is 35.1 Å². The molecule has 1 aliphatic rings. The Kier molecular flexibility index (Phi) is 5.45. The summed E-state index contributed by atoms with van der Waals surface area (Å²) in [6.07, 6.45) is 1.15. The Labute approximate surface area is 148 Å². The van der Waals surface area contributed by atoms with Crippen LogP contribution in [0.2, 0.25) is 0 Å². The molecule has 0 fully saturated rings. The van der Waals surface area contributed by atoms with Crippen molar-refractivity contribution in [3.63, 3.8) is 0 Å². The van der Waals surface area contributed by atoms with Gasteiger partial charge in [-0.15, -0.1) is 0 Å². The number of aromatic amines is 1. The second kappa shape index (κ2) is 7.94. The van der Waals surface area contributed by atoms with E-state index in [-0.39, 0.29) is 17.3 Å². The minimum absolute atomic E-state index is 0.100. The van der Waals surface area contributed by atoms with Crippen molar-refractivity contribution in [3.8, 4) is 5.75 Å². The van der Waals surface area contributed by atoms with E-state index < -0.39 is 6.61 Å². The molecular weight excluding hydrogens is 346 g/mol. The molecule has 138 valence electrons. The van der Waals surface area contributed by atoms with Crippen LogP contribution in [-0.2, 0) is 19.4 Å². The second-order valence-corrected chi connectivity index (χ2v) is 5.88. The molecule has 0 unspecified atom stereocenters. The van der Waals surface area contributed by atoms with Gasteiger partial charge in [0, 0.05) is 37.7 Å². The molecule has 2 amide bonds. The van der Waals surface area contributed by atoms with Crippen LogP contribution in [0.5, 0.6) is 5.75 Å². The zero-order valence-corrected chi connectivity index (χ0v) is 13.9. The fraction of sp³-hybridized carbons (Fsp3) is 0.353. The minimum Gasteiger partial charge on any atom is -0.435 e. The topological polar surface area (TPSA) is 87.3 Å². The molecule has 0 spiro atoms. The third kappa shape index (κ3) is 4.56. The van der Waals surface area contributed by atoms with Crippen molar-refractivity contribution in [2.24, 2.45) is 0 Å². The van der Waals surface area contributed by atoms with Gasteiger partial charge in [0.25, 0.3) is 5.56 Å². The molecule has 0 saturated carbocycles. The third-order valence-corrected chi connectivity index (χ3v) is 4.08. The fourth-order valence-electron chi connectivity index (χ4n) is 2.78. The lowest BCUT2D eigenvalue weighted by molar-refractivity contribution is -0.0498. The highest BCUT2D eigenvalue weighted by Gasteiger charge is 2.21. The molecule has 0 saturated heterocycles. The molecule has 0 aliphatic carbocycles.